The minimum atomic E-state index is -0.612. The zero-order valence-electron chi connectivity index (χ0n) is 17.9. The predicted molar refractivity (Wildman–Crippen MR) is 122 cm³/mol. The summed E-state index contributed by atoms with van der Waals surface area (Å²) in [6, 6.07) is 16.8. The summed E-state index contributed by atoms with van der Waals surface area (Å²) in [5, 5.41) is 17.3. The van der Waals surface area contributed by atoms with Gasteiger partial charge in [0.25, 0.3) is 0 Å². The molecule has 1 saturated heterocycles. The topological polar surface area (TPSA) is 59.9 Å². The van der Waals surface area contributed by atoms with E-state index in [1.165, 1.54) is 24.1 Å². The van der Waals surface area contributed by atoms with Gasteiger partial charge in [0.1, 0.15) is 0 Å². The van der Waals surface area contributed by atoms with Gasteiger partial charge in [0.2, 0.25) is 0 Å². The Morgan fingerprint density at radius 3 is 2.55 bits per heavy atom. The summed E-state index contributed by atoms with van der Waals surface area (Å²) < 4.78 is 0. The molecule has 156 valence electrons. The van der Waals surface area contributed by atoms with E-state index in [1.54, 1.807) is 0 Å². The highest BCUT2D eigenvalue weighted by Crippen LogP contribution is 2.24. The van der Waals surface area contributed by atoms with Crippen molar-refractivity contribution >= 4 is 11.6 Å². The van der Waals surface area contributed by atoms with Gasteiger partial charge >= 0.3 is 0 Å². The number of aryl methyl sites for hydroxylation is 1. The molecule has 3 N–H and O–H groups in total. The number of guanidine groups is 1. The van der Waals surface area contributed by atoms with Crippen LogP contribution < -0.4 is 15.5 Å². The molecule has 0 amide bonds. The molecule has 1 fully saturated rings. The second kappa shape index (κ2) is 10.3. The molecule has 29 heavy (non-hydrogen) atoms. The quantitative estimate of drug-likeness (QED) is 0.492. The van der Waals surface area contributed by atoms with E-state index in [-0.39, 0.29) is 6.04 Å². The molecule has 3 rings (SSSR count). The molecule has 0 bridgehead atoms. The molecule has 2 unspecified atom stereocenters. The van der Waals surface area contributed by atoms with Crippen molar-refractivity contribution in [3.8, 4) is 0 Å². The summed E-state index contributed by atoms with van der Waals surface area (Å²) >= 11 is 0. The minimum Gasteiger partial charge on any atom is -0.386 e. The Bertz CT molecular complexity index is 814. The third kappa shape index (κ3) is 5.97. The number of aliphatic hydroxyl groups is 1. The van der Waals surface area contributed by atoms with Crippen LogP contribution in [0.3, 0.4) is 0 Å². The van der Waals surface area contributed by atoms with E-state index in [2.05, 4.69) is 51.7 Å². The molecular formula is C24H34N4O. The number of anilines is 1. The smallest absolute Gasteiger partial charge is 0.191 e. The molecule has 5 nitrogen and oxygen atoms in total. The van der Waals surface area contributed by atoms with Crippen LogP contribution in [0.25, 0.3) is 0 Å². The number of aliphatic imine (C=N–C) groups is 1. The van der Waals surface area contributed by atoms with Crippen molar-refractivity contribution < 1.29 is 5.11 Å². The maximum atomic E-state index is 10.5. The van der Waals surface area contributed by atoms with Crippen molar-refractivity contribution in [2.45, 2.75) is 45.8 Å². The van der Waals surface area contributed by atoms with Crippen molar-refractivity contribution in [2.24, 2.45) is 4.99 Å². The van der Waals surface area contributed by atoms with Crippen molar-refractivity contribution in [3.63, 3.8) is 0 Å². The standard InChI is InChI=1S/C24H34N4O/c1-4-25-24(26-17-23(29)21-11-7-9-18(2)15-21)27-19(3)20-10-8-12-22(16-20)28-13-5-6-14-28/h7-12,15-16,19,23,29H,4-6,13-14,17H2,1-3H3,(H2,25,26,27). The number of nitrogens with zero attached hydrogens (tertiary/aromatic N) is 2. The monoisotopic (exact) mass is 394 g/mol. The molecule has 1 heterocycles. The van der Waals surface area contributed by atoms with Gasteiger partial charge in [0.05, 0.1) is 18.7 Å². The van der Waals surface area contributed by atoms with E-state index >= 15 is 0 Å². The maximum absolute atomic E-state index is 10.5. The van der Waals surface area contributed by atoms with Crippen molar-refractivity contribution in [1.29, 1.82) is 0 Å². The first-order chi connectivity index (χ1) is 14.1. The molecular weight excluding hydrogens is 360 g/mol. The Kier molecular flexibility index (Phi) is 7.53. The first-order valence-corrected chi connectivity index (χ1v) is 10.7. The summed E-state index contributed by atoms with van der Waals surface area (Å²) in [4.78, 5) is 7.07. The second-order valence-electron chi connectivity index (χ2n) is 7.80. The van der Waals surface area contributed by atoms with Gasteiger partial charge in [-0.05, 0) is 56.9 Å². The van der Waals surface area contributed by atoms with Crippen LogP contribution >= 0.6 is 0 Å². The van der Waals surface area contributed by atoms with E-state index in [4.69, 9.17) is 0 Å². The van der Waals surface area contributed by atoms with Gasteiger partial charge in [-0.3, -0.25) is 4.99 Å². The number of hydrogen-bond donors (Lipinski definition) is 3. The lowest BCUT2D eigenvalue weighted by molar-refractivity contribution is 0.187. The molecule has 2 aromatic carbocycles. The average Bonchev–Trinajstić information content (AvgIpc) is 3.27. The van der Waals surface area contributed by atoms with Gasteiger partial charge in [0, 0.05) is 25.3 Å². The number of benzene rings is 2. The molecule has 5 heteroatoms. The highest BCUT2D eigenvalue weighted by atomic mass is 16.3. The highest BCUT2D eigenvalue weighted by Gasteiger charge is 2.15. The molecule has 0 aromatic heterocycles. The average molecular weight is 395 g/mol. The fraction of sp³-hybridized carbons (Fsp3) is 0.458. The summed E-state index contributed by atoms with van der Waals surface area (Å²) in [5.74, 6) is 0.721. The SMILES string of the molecule is CCNC(=NCC(O)c1cccc(C)c1)NC(C)c1cccc(N2CCCC2)c1. The van der Waals surface area contributed by atoms with Crippen LogP contribution in [0, 0.1) is 6.92 Å². The van der Waals surface area contributed by atoms with Crippen LogP contribution in [0.5, 0.6) is 0 Å². The molecule has 1 aliphatic heterocycles. The van der Waals surface area contributed by atoms with Crippen LogP contribution in [0.2, 0.25) is 0 Å². The molecule has 0 radical (unpaired) electrons. The summed E-state index contributed by atoms with van der Waals surface area (Å²) in [6.07, 6.45) is 1.94. The third-order valence-corrected chi connectivity index (χ3v) is 5.39. The van der Waals surface area contributed by atoms with Crippen molar-refractivity contribution in [3.05, 3.63) is 65.2 Å². The van der Waals surface area contributed by atoms with E-state index in [0.717, 1.165) is 36.7 Å². The molecule has 0 aliphatic carbocycles. The predicted octanol–water partition coefficient (Wildman–Crippen LogP) is 3.94. The Morgan fingerprint density at radius 1 is 1.10 bits per heavy atom. The molecule has 1 aliphatic rings. The summed E-state index contributed by atoms with van der Waals surface area (Å²) in [7, 11) is 0. The van der Waals surface area contributed by atoms with E-state index in [1.807, 2.05) is 38.1 Å². The third-order valence-electron chi connectivity index (χ3n) is 5.39. The second-order valence-corrected chi connectivity index (χ2v) is 7.80. The number of rotatable bonds is 7. The maximum Gasteiger partial charge on any atom is 0.191 e. The van der Waals surface area contributed by atoms with E-state index in [9.17, 15) is 5.11 Å². The normalized spacial score (nSPS) is 16.6. The first-order valence-electron chi connectivity index (χ1n) is 10.7. The number of hydrogen-bond acceptors (Lipinski definition) is 3. The Balaban J connectivity index is 1.66. The van der Waals surface area contributed by atoms with Gasteiger partial charge in [-0.2, -0.15) is 0 Å². The first kappa shape index (κ1) is 21.2. The molecule has 0 spiro atoms. The lowest BCUT2D eigenvalue weighted by atomic mass is 10.1. The molecule has 2 aromatic rings. The van der Waals surface area contributed by atoms with Crippen LogP contribution in [0.4, 0.5) is 5.69 Å². The number of nitrogens with one attached hydrogen (secondary N) is 2. The summed E-state index contributed by atoms with van der Waals surface area (Å²) in [5.41, 5.74) is 4.57. The Labute approximate surface area is 174 Å². The Morgan fingerprint density at radius 2 is 1.83 bits per heavy atom. The van der Waals surface area contributed by atoms with Gasteiger partial charge in [-0.25, -0.2) is 0 Å². The van der Waals surface area contributed by atoms with Gasteiger partial charge in [-0.15, -0.1) is 0 Å². The number of aliphatic hydroxyl groups excluding tert-OH is 1. The van der Waals surface area contributed by atoms with Crippen molar-refractivity contribution in [1.82, 2.24) is 10.6 Å². The van der Waals surface area contributed by atoms with Gasteiger partial charge < -0.3 is 20.6 Å². The Hall–Kier alpha value is -2.53. The van der Waals surface area contributed by atoms with Crippen LogP contribution in [-0.4, -0.2) is 37.2 Å². The zero-order valence-corrected chi connectivity index (χ0v) is 17.9. The lowest BCUT2D eigenvalue weighted by Crippen LogP contribution is -2.39. The van der Waals surface area contributed by atoms with Crippen molar-refractivity contribution in [2.75, 3.05) is 31.1 Å². The van der Waals surface area contributed by atoms with Gasteiger partial charge in [-0.1, -0.05) is 42.0 Å². The summed E-state index contributed by atoms with van der Waals surface area (Å²) in [6.45, 7) is 9.60. The van der Waals surface area contributed by atoms with E-state index < -0.39 is 6.10 Å². The largest absolute Gasteiger partial charge is 0.386 e. The zero-order chi connectivity index (χ0) is 20.6. The van der Waals surface area contributed by atoms with Crippen LogP contribution in [0.15, 0.2) is 53.5 Å². The fourth-order valence-electron chi connectivity index (χ4n) is 3.74. The molecule has 0 saturated carbocycles. The molecule has 2 atom stereocenters. The van der Waals surface area contributed by atoms with Gasteiger partial charge in [0.15, 0.2) is 5.96 Å². The van der Waals surface area contributed by atoms with Crippen LogP contribution in [-0.2, 0) is 0 Å². The highest BCUT2D eigenvalue weighted by molar-refractivity contribution is 5.80. The van der Waals surface area contributed by atoms with E-state index in [0.29, 0.717) is 6.54 Å². The lowest BCUT2D eigenvalue weighted by Gasteiger charge is -2.22. The minimum absolute atomic E-state index is 0.117. The fourth-order valence-corrected chi connectivity index (χ4v) is 3.74. The van der Waals surface area contributed by atoms with Crippen LogP contribution in [0.1, 0.15) is 55.5 Å².